The molecule has 0 fully saturated rings. The summed E-state index contributed by atoms with van der Waals surface area (Å²) in [6.45, 7) is 3.87. The van der Waals surface area contributed by atoms with Gasteiger partial charge in [-0.25, -0.2) is 4.79 Å². The van der Waals surface area contributed by atoms with E-state index in [0.29, 0.717) is 5.56 Å². The van der Waals surface area contributed by atoms with Crippen LogP contribution >= 0.6 is 0 Å². The van der Waals surface area contributed by atoms with Crippen LogP contribution in [0.5, 0.6) is 0 Å². The van der Waals surface area contributed by atoms with Crippen molar-refractivity contribution < 1.29 is 14.7 Å². The lowest BCUT2D eigenvalue weighted by molar-refractivity contribution is -0.139. The van der Waals surface area contributed by atoms with Gasteiger partial charge < -0.3 is 10.4 Å². The molecule has 0 saturated carbocycles. The Morgan fingerprint density at radius 3 is 2.41 bits per heavy atom. The molecule has 114 valence electrons. The fourth-order valence-electron chi connectivity index (χ4n) is 2.31. The van der Waals surface area contributed by atoms with Crippen LogP contribution < -0.4 is 5.32 Å². The predicted octanol–water partition coefficient (Wildman–Crippen LogP) is 2.12. The van der Waals surface area contributed by atoms with E-state index in [1.54, 1.807) is 18.3 Å². The van der Waals surface area contributed by atoms with Gasteiger partial charge in [-0.2, -0.15) is 0 Å². The Bertz CT molecular complexity index is 663. The standard InChI is InChI=1S/C17H18N2O3/c1-11-5-3-6-12(2)14(11)9-15(17(21)22)19-16(20)13-7-4-8-18-10-13/h3-8,10,15H,9H2,1-2H3,(H,19,20)(H,21,22)/t15-/m1/s1. The Morgan fingerprint density at radius 1 is 1.18 bits per heavy atom. The minimum atomic E-state index is -1.06. The molecule has 2 rings (SSSR count). The zero-order valence-corrected chi connectivity index (χ0v) is 12.5. The quantitative estimate of drug-likeness (QED) is 0.886. The van der Waals surface area contributed by atoms with Gasteiger partial charge in [0.15, 0.2) is 0 Å². The average Bonchev–Trinajstić information content (AvgIpc) is 2.50. The van der Waals surface area contributed by atoms with Crippen LogP contribution in [0.2, 0.25) is 0 Å². The third-order valence-corrected chi connectivity index (χ3v) is 3.58. The highest BCUT2D eigenvalue weighted by atomic mass is 16.4. The number of rotatable bonds is 5. The van der Waals surface area contributed by atoms with E-state index in [9.17, 15) is 14.7 Å². The summed E-state index contributed by atoms with van der Waals surface area (Å²) in [5.74, 6) is -1.49. The fourth-order valence-corrected chi connectivity index (χ4v) is 2.31. The van der Waals surface area contributed by atoms with E-state index < -0.39 is 17.9 Å². The van der Waals surface area contributed by atoms with Crippen molar-refractivity contribution in [1.82, 2.24) is 10.3 Å². The van der Waals surface area contributed by atoms with Crippen LogP contribution in [-0.2, 0) is 11.2 Å². The molecule has 0 aliphatic heterocycles. The summed E-state index contributed by atoms with van der Waals surface area (Å²) in [6.07, 6.45) is 3.22. The van der Waals surface area contributed by atoms with E-state index in [2.05, 4.69) is 10.3 Å². The fraction of sp³-hybridized carbons (Fsp3) is 0.235. The third-order valence-electron chi connectivity index (χ3n) is 3.58. The van der Waals surface area contributed by atoms with E-state index in [0.717, 1.165) is 16.7 Å². The molecule has 1 aromatic carbocycles. The van der Waals surface area contributed by atoms with Gasteiger partial charge in [0.2, 0.25) is 0 Å². The molecule has 2 aromatic rings. The van der Waals surface area contributed by atoms with Crippen LogP contribution in [0.15, 0.2) is 42.7 Å². The number of nitrogens with zero attached hydrogens (tertiary/aromatic N) is 1. The number of aliphatic carboxylic acids is 1. The topological polar surface area (TPSA) is 79.3 Å². The van der Waals surface area contributed by atoms with Crippen LogP contribution in [0.25, 0.3) is 0 Å². The number of carboxylic acids is 1. The molecular formula is C17H18N2O3. The Morgan fingerprint density at radius 2 is 1.86 bits per heavy atom. The molecule has 5 nitrogen and oxygen atoms in total. The number of carboxylic acid groups (broad SMARTS) is 1. The number of aryl methyl sites for hydroxylation is 2. The molecular weight excluding hydrogens is 280 g/mol. The molecule has 1 amide bonds. The number of carbonyl (C=O) groups excluding carboxylic acids is 1. The predicted molar refractivity (Wildman–Crippen MR) is 82.7 cm³/mol. The van der Waals surface area contributed by atoms with Crippen molar-refractivity contribution in [3.63, 3.8) is 0 Å². The van der Waals surface area contributed by atoms with Crippen molar-refractivity contribution in [1.29, 1.82) is 0 Å². The normalized spacial score (nSPS) is 11.7. The second-order valence-corrected chi connectivity index (χ2v) is 5.18. The zero-order valence-electron chi connectivity index (χ0n) is 12.5. The van der Waals surface area contributed by atoms with Gasteiger partial charge in [0.1, 0.15) is 6.04 Å². The first-order valence-corrected chi connectivity index (χ1v) is 6.98. The summed E-state index contributed by atoms with van der Waals surface area (Å²) < 4.78 is 0. The molecule has 0 radical (unpaired) electrons. The number of amides is 1. The lowest BCUT2D eigenvalue weighted by Crippen LogP contribution is -2.42. The molecule has 0 bridgehead atoms. The molecule has 0 unspecified atom stereocenters. The molecule has 1 heterocycles. The molecule has 0 aliphatic rings. The first kappa shape index (κ1) is 15.7. The minimum Gasteiger partial charge on any atom is -0.480 e. The first-order valence-electron chi connectivity index (χ1n) is 6.98. The number of carbonyl (C=O) groups is 2. The van der Waals surface area contributed by atoms with Gasteiger partial charge in [-0.1, -0.05) is 18.2 Å². The van der Waals surface area contributed by atoms with Crippen LogP contribution in [0.4, 0.5) is 0 Å². The Labute approximate surface area is 129 Å². The van der Waals surface area contributed by atoms with Crippen molar-refractivity contribution >= 4 is 11.9 Å². The van der Waals surface area contributed by atoms with Gasteiger partial charge in [-0.15, -0.1) is 0 Å². The number of aromatic nitrogens is 1. The number of benzene rings is 1. The molecule has 22 heavy (non-hydrogen) atoms. The second-order valence-electron chi connectivity index (χ2n) is 5.18. The van der Waals surface area contributed by atoms with Gasteiger partial charge in [-0.3, -0.25) is 9.78 Å². The van der Waals surface area contributed by atoms with E-state index in [1.165, 1.54) is 6.20 Å². The van der Waals surface area contributed by atoms with Crippen LogP contribution in [0.1, 0.15) is 27.0 Å². The van der Waals surface area contributed by atoms with Crippen molar-refractivity contribution in [3.05, 3.63) is 65.0 Å². The molecule has 2 N–H and O–H groups in total. The van der Waals surface area contributed by atoms with Gasteiger partial charge >= 0.3 is 5.97 Å². The van der Waals surface area contributed by atoms with E-state index in [4.69, 9.17) is 0 Å². The highest BCUT2D eigenvalue weighted by Gasteiger charge is 2.22. The third kappa shape index (κ3) is 3.69. The highest BCUT2D eigenvalue weighted by molar-refractivity contribution is 5.96. The maximum Gasteiger partial charge on any atom is 0.326 e. The molecule has 0 aliphatic carbocycles. The highest BCUT2D eigenvalue weighted by Crippen LogP contribution is 2.15. The SMILES string of the molecule is Cc1cccc(C)c1C[C@@H](NC(=O)c1cccnc1)C(=O)O. The van der Waals surface area contributed by atoms with E-state index >= 15 is 0 Å². The first-order chi connectivity index (χ1) is 10.5. The van der Waals surface area contributed by atoms with Gasteiger partial charge in [0, 0.05) is 18.8 Å². The smallest absolute Gasteiger partial charge is 0.326 e. The van der Waals surface area contributed by atoms with Gasteiger partial charge in [0.05, 0.1) is 5.56 Å². The monoisotopic (exact) mass is 298 g/mol. The summed E-state index contributed by atoms with van der Waals surface area (Å²) in [5.41, 5.74) is 3.32. The summed E-state index contributed by atoms with van der Waals surface area (Å²) in [7, 11) is 0. The van der Waals surface area contributed by atoms with Crippen LogP contribution in [0.3, 0.4) is 0 Å². The van der Waals surface area contributed by atoms with E-state index in [1.807, 2.05) is 32.0 Å². The Hall–Kier alpha value is -2.69. The molecule has 1 aromatic heterocycles. The number of pyridine rings is 1. The molecule has 1 atom stereocenters. The van der Waals surface area contributed by atoms with Crippen molar-refractivity contribution in [2.24, 2.45) is 0 Å². The Balaban J connectivity index is 2.18. The lowest BCUT2D eigenvalue weighted by atomic mass is 9.96. The van der Waals surface area contributed by atoms with Crippen LogP contribution in [-0.4, -0.2) is 28.0 Å². The zero-order chi connectivity index (χ0) is 16.1. The molecule has 5 heteroatoms. The van der Waals surface area contributed by atoms with Gasteiger partial charge in [0.25, 0.3) is 5.91 Å². The van der Waals surface area contributed by atoms with Crippen LogP contribution in [0, 0.1) is 13.8 Å². The second kappa shape index (κ2) is 6.85. The van der Waals surface area contributed by atoms with Gasteiger partial charge in [-0.05, 0) is 42.7 Å². The molecule has 0 saturated heterocycles. The number of nitrogens with one attached hydrogen (secondary N) is 1. The van der Waals surface area contributed by atoms with Crippen molar-refractivity contribution in [2.75, 3.05) is 0 Å². The van der Waals surface area contributed by atoms with E-state index in [-0.39, 0.29) is 6.42 Å². The minimum absolute atomic E-state index is 0.250. The summed E-state index contributed by atoms with van der Waals surface area (Å²) >= 11 is 0. The summed E-state index contributed by atoms with van der Waals surface area (Å²) in [5, 5.41) is 11.9. The lowest BCUT2D eigenvalue weighted by Gasteiger charge is -2.17. The molecule has 0 spiro atoms. The number of hydrogen-bond donors (Lipinski definition) is 2. The Kier molecular flexibility index (Phi) is 4.88. The summed E-state index contributed by atoms with van der Waals surface area (Å²) in [4.78, 5) is 27.4. The summed E-state index contributed by atoms with van der Waals surface area (Å²) in [6, 6.07) is 8.05. The number of hydrogen-bond acceptors (Lipinski definition) is 3. The average molecular weight is 298 g/mol. The largest absolute Gasteiger partial charge is 0.480 e. The van der Waals surface area contributed by atoms with Crippen molar-refractivity contribution in [3.8, 4) is 0 Å². The maximum absolute atomic E-state index is 12.1. The maximum atomic E-state index is 12.1. The van der Waals surface area contributed by atoms with Crippen molar-refractivity contribution in [2.45, 2.75) is 26.3 Å².